The average Bonchev–Trinajstić information content (AvgIpc) is 2.60. The number of carbonyl (C=O) groups is 1. The summed E-state index contributed by atoms with van der Waals surface area (Å²) in [5, 5.41) is 3.37. The fourth-order valence-electron chi connectivity index (χ4n) is 2.54. The molecule has 2 aromatic rings. The summed E-state index contributed by atoms with van der Waals surface area (Å²) in [7, 11) is 0. The van der Waals surface area contributed by atoms with Crippen molar-refractivity contribution in [3.05, 3.63) is 52.4 Å². The quantitative estimate of drug-likeness (QED) is 0.919. The molecule has 1 saturated heterocycles. The molecule has 0 atom stereocenters. The van der Waals surface area contributed by atoms with Crippen LogP contribution < -0.4 is 10.2 Å². The van der Waals surface area contributed by atoms with E-state index in [-0.39, 0.29) is 12.5 Å². The number of benzene rings is 1. The molecule has 1 aliphatic rings. The molecule has 2 heterocycles. The number of aromatic nitrogens is 2. The minimum absolute atomic E-state index is 0.199. The Morgan fingerprint density at radius 1 is 1.29 bits per heavy atom. The average molecular weight is 347 g/mol. The summed E-state index contributed by atoms with van der Waals surface area (Å²) in [6.07, 6.45) is 0. The molecule has 126 valence electrons. The Labute approximate surface area is 145 Å². The first-order valence-corrected chi connectivity index (χ1v) is 8.20. The second-order valence-corrected chi connectivity index (χ2v) is 6.01. The van der Waals surface area contributed by atoms with Gasteiger partial charge < -0.3 is 15.0 Å². The summed E-state index contributed by atoms with van der Waals surface area (Å²) in [6.45, 7) is 5.21. The molecule has 1 aromatic heterocycles. The molecule has 1 amide bonds. The zero-order valence-electron chi connectivity index (χ0n) is 13.5. The molecule has 0 spiro atoms. The van der Waals surface area contributed by atoms with Gasteiger partial charge in [0.25, 0.3) is 5.91 Å². The second kappa shape index (κ2) is 7.59. The molecule has 1 aromatic carbocycles. The van der Waals surface area contributed by atoms with Crippen molar-refractivity contribution in [1.82, 2.24) is 15.3 Å². The van der Waals surface area contributed by atoms with Crippen LogP contribution in [0.4, 0.5) is 5.82 Å². The molecule has 1 N–H and O–H groups in total. The van der Waals surface area contributed by atoms with E-state index in [0.29, 0.717) is 29.6 Å². The Morgan fingerprint density at radius 2 is 2.08 bits per heavy atom. The molecule has 0 bridgehead atoms. The number of halogens is 1. The number of ether oxygens (including phenoxy) is 1. The number of rotatable bonds is 4. The smallest absolute Gasteiger partial charge is 0.251 e. The first kappa shape index (κ1) is 16.7. The van der Waals surface area contributed by atoms with Crippen molar-refractivity contribution < 1.29 is 9.53 Å². The van der Waals surface area contributed by atoms with Crippen molar-refractivity contribution >= 4 is 23.3 Å². The van der Waals surface area contributed by atoms with Gasteiger partial charge in [-0.3, -0.25) is 4.79 Å². The highest BCUT2D eigenvalue weighted by Crippen LogP contribution is 2.14. The number of morpholine rings is 1. The molecular weight excluding hydrogens is 328 g/mol. The third kappa shape index (κ3) is 4.21. The van der Waals surface area contributed by atoms with Crippen molar-refractivity contribution in [1.29, 1.82) is 0 Å². The lowest BCUT2D eigenvalue weighted by Gasteiger charge is -2.28. The predicted octanol–water partition coefficient (Wildman–Crippen LogP) is 2.21. The van der Waals surface area contributed by atoms with Crippen molar-refractivity contribution in [2.45, 2.75) is 13.5 Å². The predicted molar refractivity (Wildman–Crippen MR) is 92.4 cm³/mol. The van der Waals surface area contributed by atoms with Crippen LogP contribution in [0.5, 0.6) is 0 Å². The van der Waals surface area contributed by atoms with E-state index in [0.717, 1.165) is 24.6 Å². The topological polar surface area (TPSA) is 67.3 Å². The molecule has 24 heavy (non-hydrogen) atoms. The maximum atomic E-state index is 12.2. The zero-order chi connectivity index (χ0) is 16.9. The molecule has 0 unspecified atom stereocenters. The number of hydrogen-bond acceptors (Lipinski definition) is 5. The van der Waals surface area contributed by atoms with E-state index in [4.69, 9.17) is 16.3 Å². The number of amides is 1. The van der Waals surface area contributed by atoms with Gasteiger partial charge in [-0.25, -0.2) is 9.97 Å². The first-order chi connectivity index (χ1) is 11.6. The molecule has 7 heteroatoms. The van der Waals surface area contributed by atoms with E-state index in [1.807, 2.05) is 13.0 Å². The molecule has 0 saturated carbocycles. The standard InChI is InChI=1S/C17H19ClN4O2/c1-12-9-16(22-5-7-24-8-6-22)21-15(20-12)11-19-17(23)13-3-2-4-14(18)10-13/h2-4,9-10H,5-8,11H2,1H3,(H,19,23). The van der Waals surface area contributed by atoms with Gasteiger partial charge in [0.05, 0.1) is 19.8 Å². The Balaban J connectivity index is 1.68. The van der Waals surface area contributed by atoms with Crippen LogP contribution in [0.25, 0.3) is 0 Å². The summed E-state index contributed by atoms with van der Waals surface area (Å²) in [6, 6.07) is 8.78. The normalized spacial score (nSPS) is 14.5. The van der Waals surface area contributed by atoms with Crippen LogP contribution in [0.2, 0.25) is 5.02 Å². The third-order valence-corrected chi connectivity index (χ3v) is 3.95. The maximum Gasteiger partial charge on any atom is 0.251 e. The minimum Gasteiger partial charge on any atom is -0.378 e. The van der Waals surface area contributed by atoms with Crippen molar-refractivity contribution in [3.63, 3.8) is 0 Å². The van der Waals surface area contributed by atoms with Gasteiger partial charge in [0, 0.05) is 35.4 Å². The Morgan fingerprint density at radius 3 is 2.83 bits per heavy atom. The molecule has 0 aliphatic carbocycles. The SMILES string of the molecule is Cc1cc(N2CCOCC2)nc(CNC(=O)c2cccc(Cl)c2)n1. The number of carbonyl (C=O) groups excluding carboxylic acids is 1. The van der Waals surface area contributed by atoms with Crippen LogP contribution in [-0.4, -0.2) is 42.2 Å². The summed E-state index contributed by atoms with van der Waals surface area (Å²) in [5.74, 6) is 1.26. The van der Waals surface area contributed by atoms with Crippen LogP contribution in [-0.2, 0) is 11.3 Å². The number of aryl methyl sites for hydroxylation is 1. The third-order valence-electron chi connectivity index (χ3n) is 3.72. The fourth-order valence-corrected chi connectivity index (χ4v) is 2.73. The van der Waals surface area contributed by atoms with E-state index in [9.17, 15) is 4.79 Å². The minimum atomic E-state index is -0.199. The number of nitrogens with zero attached hydrogens (tertiary/aromatic N) is 3. The lowest BCUT2D eigenvalue weighted by Crippen LogP contribution is -2.37. The summed E-state index contributed by atoms with van der Waals surface area (Å²) < 4.78 is 5.37. The summed E-state index contributed by atoms with van der Waals surface area (Å²) >= 11 is 5.91. The van der Waals surface area contributed by atoms with Gasteiger partial charge in [-0.2, -0.15) is 0 Å². The van der Waals surface area contributed by atoms with Gasteiger partial charge in [-0.05, 0) is 25.1 Å². The fraction of sp³-hybridized carbons (Fsp3) is 0.353. The molecule has 1 aliphatic heterocycles. The summed E-state index contributed by atoms with van der Waals surface area (Å²) in [4.78, 5) is 23.3. The van der Waals surface area contributed by atoms with Gasteiger partial charge in [0.2, 0.25) is 0 Å². The highest BCUT2D eigenvalue weighted by molar-refractivity contribution is 6.30. The first-order valence-electron chi connectivity index (χ1n) is 7.83. The Bertz CT molecular complexity index is 732. The van der Waals surface area contributed by atoms with E-state index in [2.05, 4.69) is 20.2 Å². The molecule has 0 radical (unpaired) electrons. The monoisotopic (exact) mass is 346 g/mol. The van der Waals surface area contributed by atoms with E-state index in [1.54, 1.807) is 24.3 Å². The van der Waals surface area contributed by atoms with Gasteiger partial charge in [0.15, 0.2) is 0 Å². The van der Waals surface area contributed by atoms with Crippen molar-refractivity contribution in [2.75, 3.05) is 31.2 Å². The van der Waals surface area contributed by atoms with Crippen LogP contribution >= 0.6 is 11.6 Å². The highest BCUT2D eigenvalue weighted by Gasteiger charge is 2.14. The summed E-state index contributed by atoms with van der Waals surface area (Å²) in [5.41, 5.74) is 1.39. The highest BCUT2D eigenvalue weighted by atomic mass is 35.5. The van der Waals surface area contributed by atoms with E-state index in [1.165, 1.54) is 0 Å². The van der Waals surface area contributed by atoms with Gasteiger partial charge >= 0.3 is 0 Å². The lowest BCUT2D eigenvalue weighted by atomic mass is 10.2. The zero-order valence-corrected chi connectivity index (χ0v) is 14.2. The van der Waals surface area contributed by atoms with Crippen LogP contribution in [0.1, 0.15) is 21.9 Å². The van der Waals surface area contributed by atoms with Crippen LogP contribution in [0.15, 0.2) is 30.3 Å². The van der Waals surface area contributed by atoms with E-state index >= 15 is 0 Å². The maximum absolute atomic E-state index is 12.2. The van der Waals surface area contributed by atoms with Gasteiger partial charge in [0.1, 0.15) is 11.6 Å². The Kier molecular flexibility index (Phi) is 5.27. The second-order valence-electron chi connectivity index (χ2n) is 5.58. The van der Waals surface area contributed by atoms with E-state index < -0.39 is 0 Å². The van der Waals surface area contributed by atoms with Crippen LogP contribution in [0.3, 0.4) is 0 Å². The number of hydrogen-bond donors (Lipinski definition) is 1. The number of anilines is 1. The van der Waals surface area contributed by atoms with Crippen LogP contribution in [0, 0.1) is 6.92 Å². The molecule has 1 fully saturated rings. The van der Waals surface area contributed by atoms with Crippen molar-refractivity contribution in [2.24, 2.45) is 0 Å². The number of nitrogens with one attached hydrogen (secondary N) is 1. The Hall–Kier alpha value is -2.18. The van der Waals surface area contributed by atoms with Gasteiger partial charge in [-0.1, -0.05) is 17.7 Å². The lowest BCUT2D eigenvalue weighted by molar-refractivity contribution is 0.0950. The molecular formula is C17H19ClN4O2. The largest absolute Gasteiger partial charge is 0.378 e. The van der Waals surface area contributed by atoms with Gasteiger partial charge in [-0.15, -0.1) is 0 Å². The molecule has 3 rings (SSSR count). The molecule has 6 nitrogen and oxygen atoms in total. The van der Waals surface area contributed by atoms with Crippen molar-refractivity contribution in [3.8, 4) is 0 Å².